The number of aromatic nitrogens is 2. The summed E-state index contributed by atoms with van der Waals surface area (Å²) in [7, 11) is 2.67. The Kier molecular flexibility index (Phi) is 9.56. The van der Waals surface area contributed by atoms with Gasteiger partial charge in [-0.05, 0) is 30.3 Å². The van der Waals surface area contributed by atoms with Gasteiger partial charge in [-0.1, -0.05) is 12.6 Å². The smallest absolute Gasteiger partial charge is 0.423 e. The van der Waals surface area contributed by atoms with Gasteiger partial charge in [0.05, 0.1) is 19.9 Å². The summed E-state index contributed by atoms with van der Waals surface area (Å²) in [6.07, 6.45) is -3.18. The predicted molar refractivity (Wildman–Crippen MR) is 154 cm³/mol. The summed E-state index contributed by atoms with van der Waals surface area (Å²) in [6, 6.07) is 9.96. The lowest BCUT2D eigenvalue weighted by molar-refractivity contribution is -0.152. The average molecular weight is 615 g/mol. The van der Waals surface area contributed by atoms with Crippen molar-refractivity contribution < 1.29 is 41.8 Å². The minimum Gasteiger partial charge on any atom is -0.494 e. The SMILES string of the molecule is C=CC(=O)Nc1cccc(Oc2nc(Nc3ccc(N4CCN(C(C)=O)[C@H](C(=O)OC)C4)cc3OC)ncc2C(F)(F)F)c1. The van der Waals surface area contributed by atoms with Crippen molar-refractivity contribution in [1.82, 2.24) is 14.9 Å². The molecule has 1 aliphatic heterocycles. The van der Waals surface area contributed by atoms with Crippen LogP contribution in [0, 0.1) is 0 Å². The number of halogens is 3. The van der Waals surface area contributed by atoms with Gasteiger partial charge in [0.2, 0.25) is 23.6 Å². The second-order valence-corrected chi connectivity index (χ2v) is 9.44. The van der Waals surface area contributed by atoms with E-state index in [-0.39, 0.29) is 29.8 Å². The maximum absolute atomic E-state index is 13.8. The Bertz CT molecular complexity index is 1570. The van der Waals surface area contributed by atoms with Gasteiger partial charge in [0.25, 0.3) is 0 Å². The Morgan fingerprint density at radius 1 is 1.11 bits per heavy atom. The highest BCUT2D eigenvalue weighted by Gasteiger charge is 2.37. The van der Waals surface area contributed by atoms with Crippen LogP contribution in [0.25, 0.3) is 0 Å². The van der Waals surface area contributed by atoms with Gasteiger partial charge in [0, 0.05) is 56.3 Å². The van der Waals surface area contributed by atoms with Gasteiger partial charge in [-0.2, -0.15) is 18.2 Å². The van der Waals surface area contributed by atoms with Crippen LogP contribution in [0.5, 0.6) is 17.4 Å². The van der Waals surface area contributed by atoms with Crippen molar-refractivity contribution in [3.8, 4) is 17.4 Å². The first-order valence-corrected chi connectivity index (χ1v) is 13.1. The molecule has 44 heavy (non-hydrogen) atoms. The number of carbonyl (C=O) groups excluding carboxylic acids is 3. The Labute approximate surface area is 250 Å². The van der Waals surface area contributed by atoms with Crippen LogP contribution in [0.3, 0.4) is 0 Å². The zero-order valence-electron chi connectivity index (χ0n) is 24.0. The van der Waals surface area contributed by atoms with E-state index < -0.39 is 35.5 Å². The van der Waals surface area contributed by atoms with E-state index in [1.165, 1.54) is 50.3 Å². The highest BCUT2D eigenvalue weighted by molar-refractivity contribution is 5.99. The van der Waals surface area contributed by atoms with Gasteiger partial charge in [-0.3, -0.25) is 9.59 Å². The van der Waals surface area contributed by atoms with E-state index in [0.29, 0.717) is 36.4 Å². The lowest BCUT2D eigenvalue weighted by atomic mass is 10.1. The first-order chi connectivity index (χ1) is 20.9. The molecule has 12 nitrogen and oxygen atoms in total. The molecule has 232 valence electrons. The third-order valence-corrected chi connectivity index (χ3v) is 6.62. The minimum atomic E-state index is -4.82. The highest BCUT2D eigenvalue weighted by atomic mass is 19.4. The van der Waals surface area contributed by atoms with Crippen LogP contribution in [-0.2, 0) is 25.3 Å². The molecule has 3 aromatic rings. The molecule has 1 fully saturated rings. The Balaban J connectivity index is 1.59. The van der Waals surface area contributed by atoms with Gasteiger partial charge in [0.1, 0.15) is 23.1 Å². The first-order valence-electron chi connectivity index (χ1n) is 13.1. The van der Waals surface area contributed by atoms with Gasteiger partial charge < -0.3 is 34.6 Å². The second-order valence-electron chi connectivity index (χ2n) is 9.44. The normalized spacial score (nSPS) is 14.8. The number of hydrogen-bond acceptors (Lipinski definition) is 10. The standard InChI is InChI=1S/C29H29F3N6O6/c1-5-25(40)34-18-7-6-8-20(13-18)44-26-21(29(30,31)32)15-33-28(36-26)35-22-10-9-19(14-24(22)42-3)37-11-12-38(17(2)39)23(16-37)27(41)43-4/h5-10,13-15,23H,1,11-12,16H2,2-4H3,(H,34,40)(H,33,35,36)/t23-/m0/s1. The van der Waals surface area contributed by atoms with Gasteiger partial charge in [-0.25, -0.2) is 9.78 Å². The van der Waals surface area contributed by atoms with Crippen molar-refractivity contribution in [2.45, 2.75) is 19.1 Å². The monoisotopic (exact) mass is 614 g/mol. The first kappa shape index (κ1) is 31.6. The largest absolute Gasteiger partial charge is 0.494 e. The quantitative estimate of drug-likeness (QED) is 0.264. The number of carbonyl (C=O) groups is 3. The number of amides is 2. The molecule has 2 aromatic carbocycles. The molecule has 0 aliphatic carbocycles. The highest BCUT2D eigenvalue weighted by Crippen LogP contribution is 2.38. The van der Waals surface area contributed by atoms with E-state index in [9.17, 15) is 27.6 Å². The number of ether oxygens (including phenoxy) is 3. The van der Waals surface area contributed by atoms with E-state index in [4.69, 9.17) is 14.2 Å². The van der Waals surface area contributed by atoms with E-state index in [1.54, 1.807) is 18.2 Å². The molecule has 0 radical (unpaired) electrons. The number of esters is 1. The van der Waals surface area contributed by atoms with E-state index in [1.807, 2.05) is 4.90 Å². The number of alkyl halides is 3. The second kappa shape index (κ2) is 13.3. The lowest BCUT2D eigenvalue weighted by Gasteiger charge is -2.40. The van der Waals surface area contributed by atoms with Gasteiger partial charge >= 0.3 is 12.1 Å². The van der Waals surface area contributed by atoms with Crippen LogP contribution < -0.4 is 25.0 Å². The third-order valence-electron chi connectivity index (χ3n) is 6.62. The van der Waals surface area contributed by atoms with Crippen molar-refractivity contribution in [2.24, 2.45) is 0 Å². The molecule has 4 rings (SSSR count). The van der Waals surface area contributed by atoms with Crippen LogP contribution in [0.15, 0.2) is 61.3 Å². The summed E-state index contributed by atoms with van der Waals surface area (Å²) in [4.78, 5) is 47.1. The molecule has 1 atom stereocenters. The molecule has 2 heterocycles. The van der Waals surface area contributed by atoms with E-state index >= 15 is 0 Å². The molecule has 2 amide bonds. The molecule has 0 bridgehead atoms. The zero-order chi connectivity index (χ0) is 32.0. The van der Waals surface area contributed by atoms with Gasteiger partial charge in [0.15, 0.2) is 0 Å². The van der Waals surface area contributed by atoms with Gasteiger partial charge in [-0.15, -0.1) is 0 Å². The number of piperazine rings is 1. The summed E-state index contributed by atoms with van der Waals surface area (Å²) in [5, 5.41) is 5.36. The number of anilines is 4. The fourth-order valence-electron chi connectivity index (χ4n) is 4.47. The summed E-state index contributed by atoms with van der Waals surface area (Å²) in [5.74, 6) is -1.98. The molecule has 1 aliphatic rings. The molecule has 0 spiro atoms. The number of rotatable bonds is 9. The van der Waals surface area contributed by atoms with Crippen molar-refractivity contribution in [3.63, 3.8) is 0 Å². The summed E-state index contributed by atoms with van der Waals surface area (Å²) < 4.78 is 57.3. The van der Waals surface area contributed by atoms with Crippen LogP contribution in [0.1, 0.15) is 12.5 Å². The summed E-state index contributed by atoms with van der Waals surface area (Å²) in [6.45, 7) is 5.66. The molecular formula is C29H29F3N6O6. The molecule has 0 unspecified atom stereocenters. The topological polar surface area (TPSA) is 135 Å². The molecule has 1 saturated heterocycles. The van der Waals surface area contributed by atoms with E-state index in [2.05, 4.69) is 27.2 Å². The van der Waals surface area contributed by atoms with Crippen LogP contribution in [-0.4, -0.2) is 72.5 Å². The fourth-order valence-corrected chi connectivity index (χ4v) is 4.47. The lowest BCUT2D eigenvalue weighted by Crippen LogP contribution is -2.58. The summed E-state index contributed by atoms with van der Waals surface area (Å²) in [5.41, 5.74) is 0.0721. The number of methoxy groups -OCH3 is 2. The Hall–Kier alpha value is -5.34. The maximum Gasteiger partial charge on any atom is 0.423 e. The van der Waals surface area contributed by atoms with Crippen molar-refractivity contribution in [1.29, 1.82) is 0 Å². The van der Waals surface area contributed by atoms with Crippen molar-refractivity contribution in [3.05, 3.63) is 66.9 Å². The number of nitrogens with zero attached hydrogens (tertiary/aromatic N) is 4. The number of hydrogen-bond donors (Lipinski definition) is 2. The number of nitrogens with one attached hydrogen (secondary N) is 2. The minimum absolute atomic E-state index is 0.0147. The van der Waals surface area contributed by atoms with Crippen molar-refractivity contribution >= 4 is 40.8 Å². The average Bonchev–Trinajstić information content (AvgIpc) is 3.00. The fraction of sp³-hybridized carbons (Fsp3) is 0.276. The maximum atomic E-state index is 13.8. The summed E-state index contributed by atoms with van der Waals surface area (Å²) >= 11 is 0. The molecular weight excluding hydrogens is 585 g/mol. The van der Waals surface area contributed by atoms with Crippen LogP contribution in [0.4, 0.5) is 36.2 Å². The molecule has 1 aromatic heterocycles. The van der Waals surface area contributed by atoms with Crippen LogP contribution >= 0.6 is 0 Å². The van der Waals surface area contributed by atoms with E-state index in [0.717, 1.165) is 6.08 Å². The Morgan fingerprint density at radius 2 is 1.89 bits per heavy atom. The molecule has 15 heteroatoms. The Morgan fingerprint density at radius 3 is 2.55 bits per heavy atom. The van der Waals surface area contributed by atoms with Crippen LogP contribution in [0.2, 0.25) is 0 Å². The molecule has 2 N–H and O–H groups in total. The number of benzene rings is 2. The van der Waals surface area contributed by atoms with Crippen molar-refractivity contribution in [2.75, 3.05) is 49.4 Å². The molecule has 0 saturated carbocycles. The third kappa shape index (κ3) is 7.35. The predicted octanol–water partition coefficient (Wildman–Crippen LogP) is 4.37. The zero-order valence-corrected chi connectivity index (χ0v) is 24.0.